The van der Waals surface area contributed by atoms with Crippen molar-refractivity contribution in [2.75, 3.05) is 5.73 Å². The van der Waals surface area contributed by atoms with Crippen LogP contribution in [0, 0.1) is 0 Å². The molecule has 3 aromatic rings. The van der Waals surface area contributed by atoms with E-state index in [1.165, 1.54) is 12.1 Å². The van der Waals surface area contributed by atoms with Gasteiger partial charge in [-0.25, -0.2) is 8.42 Å². The zero-order valence-corrected chi connectivity index (χ0v) is 11.8. The zero-order valence-electron chi connectivity index (χ0n) is 11.0. The SMILES string of the molecule is Nc1cc2ccccc2c(O)c1S(=O)(=O)c1ccccc1. The smallest absolute Gasteiger partial charge is 0.212 e. The standard InChI is InChI=1S/C16H13NO3S/c17-14-10-11-6-4-5-9-13(11)15(18)16(14)21(19,20)12-7-2-1-3-8-12/h1-10,18H,17H2. The van der Waals surface area contributed by atoms with Crippen molar-refractivity contribution < 1.29 is 13.5 Å². The molecule has 0 saturated heterocycles. The summed E-state index contributed by atoms with van der Waals surface area (Å²) in [6.45, 7) is 0. The van der Waals surface area contributed by atoms with E-state index in [4.69, 9.17) is 5.73 Å². The summed E-state index contributed by atoms with van der Waals surface area (Å²) in [4.78, 5) is -0.144. The number of anilines is 1. The molecule has 0 radical (unpaired) electrons. The first-order valence-electron chi connectivity index (χ1n) is 6.32. The molecular formula is C16H13NO3S. The lowest BCUT2D eigenvalue weighted by molar-refractivity contribution is 0.466. The van der Waals surface area contributed by atoms with Crippen LogP contribution in [0.15, 0.2) is 70.5 Å². The minimum atomic E-state index is -3.87. The molecule has 106 valence electrons. The third-order valence-corrected chi connectivity index (χ3v) is 5.19. The van der Waals surface area contributed by atoms with Crippen LogP contribution in [0.1, 0.15) is 0 Å². The predicted molar refractivity (Wildman–Crippen MR) is 81.9 cm³/mol. The molecule has 4 nitrogen and oxygen atoms in total. The Bertz CT molecular complexity index is 919. The van der Waals surface area contributed by atoms with Crippen LogP contribution in [-0.2, 0) is 9.84 Å². The number of fused-ring (bicyclic) bond motifs is 1. The zero-order chi connectivity index (χ0) is 15.0. The van der Waals surface area contributed by atoms with E-state index in [0.717, 1.165) is 0 Å². The van der Waals surface area contributed by atoms with E-state index < -0.39 is 9.84 Å². The van der Waals surface area contributed by atoms with Gasteiger partial charge in [0, 0.05) is 5.39 Å². The molecule has 0 unspecified atom stereocenters. The van der Waals surface area contributed by atoms with Crippen molar-refractivity contribution in [3.8, 4) is 5.75 Å². The maximum atomic E-state index is 12.7. The normalized spacial score (nSPS) is 11.6. The maximum Gasteiger partial charge on any atom is 0.212 e. The first-order chi connectivity index (χ1) is 10.0. The van der Waals surface area contributed by atoms with E-state index in [2.05, 4.69) is 0 Å². The van der Waals surface area contributed by atoms with E-state index in [0.29, 0.717) is 10.8 Å². The van der Waals surface area contributed by atoms with Crippen molar-refractivity contribution in [1.82, 2.24) is 0 Å². The first kappa shape index (κ1) is 13.5. The number of nitrogens with two attached hydrogens (primary N) is 1. The van der Waals surface area contributed by atoms with Crippen LogP contribution < -0.4 is 5.73 Å². The third-order valence-electron chi connectivity index (χ3n) is 3.33. The second kappa shape index (κ2) is 4.79. The summed E-state index contributed by atoms with van der Waals surface area (Å²) in [5.41, 5.74) is 5.91. The van der Waals surface area contributed by atoms with Gasteiger partial charge in [0.2, 0.25) is 9.84 Å². The molecule has 21 heavy (non-hydrogen) atoms. The number of phenolic OH excluding ortho intramolecular Hbond substituents is 1. The van der Waals surface area contributed by atoms with Gasteiger partial charge in [-0.05, 0) is 23.6 Å². The Hall–Kier alpha value is -2.53. The van der Waals surface area contributed by atoms with E-state index in [-0.39, 0.29) is 21.2 Å². The summed E-state index contributed by atoms with van der Waals surface area (Å²) in [6, 6.07) is 16.4. The average Bonchev–Trinajstić information content (AvgIpc) is 2.48. The van der Waals surface area contributed by atoms with Crippen molar-refractivity contribution in [3.63, 3.8) is 0 Å². The molecule has 0 spiro atoms. The van der Waals surface area contributed by atoms with Crippen LogP contribution >= 0.6 is 0 Å². The number of hydrogen-bond acceptors (Lipinski definition) is 4. The summed E-state index contributed by atoms with van der Waals surface area (Å²) < 4.78 is 25.4. The highest BCUT2D eigenvalue weighted by molar-refractivity contribution is 7.91. The molecule has 0 fully saturated rings. The second-order valence-electron chi connectivity index (χ2n) is 4.68. The third kappa shape index (κ3) is 2.11. The molecule has 0 atom stereocenters. The number of nitrogen functional groups attached to an aromatic ring is 1. The Morgan fingerprint density at radius 2 is 1.52 bits per heavy atom. The van der Waals surface area contributed by atoms with E-state index >= 15 is 0 Å². The fraction of sp³-hybridized carbons (Fsp3) is 0. The minimum Gasteiger partial charge on any atom is -0.506 e. The first-order valence-corrected chi connectivity index (χ1v) is 7.80. The van der Waals surface area contributed by atoms with Crippen molar-refractivity contribution >= 4 is 26.3 Å². The van der Waals surface area contributed by atoms with Gasteiger partial charge in [-0.3, -0.25) is 0 Å². The average molecular weight is 299 g/mol. The van der Waals surface area contributed by atoms with Crippen molar-refractivity contribution in [2.45, 2.75) is 9.79 Å². The number of hydrogen-bond donors (Lipinski definition) is 2. The minimum absolute atomic E-state index is 0.0371. The highest BCUT2D eigenvalue weighted by Gasteiger charge is 2.25. The second-order valence-corrected chi connectivity index (χ2v) is 6.57. The quantitative estimate of drug-likeness (QED) is 0.713. The largest absolute Gasteiger partial charge is 0.506 e. The summed E-state index contributed by atoms with van der Waals surface area (Å²) in [5, 5.41) is 11.5. The molecule has 0 aromatic heterocycles. The highest BCUT2D eigenvalue weighted by Crippen LogP contribution is 2.39. The van der Waals surface area contributed by atoms with E-state index in [9.17, 15) is 13.5 Å². The summed E-state index contributed by atoms with van der Waals surface area (Å²) in [5.74, 6) is -0.311. The van der Waals surface area contributed by atoms with Crippen LogP contribution in [0.25, 0.3) is 10.8 Å². The fourth-order valence-corrected chi connectivity index (χ4v) is 3.82. The number of benzene rings is 3. The number of phenols is 1. The van der Waals surface area contributed by atoms with Crippen molar-refractivity contribution in [2.24, 2.45) is 0 Å². The molecule has 3 N–H and O–H groups in total. The lowest BCUT2D eigenvalue weighted by Crippen LogP contribution is -2.06. The number of sulfone groups is 1. The molecular weight excluding hydrogens is 286 g/mol. The Morgan fingerprint density at radius 1 is 0.905 bits per heavy atom. The molecule has 0 saturated carbocycles. The van der Waals surface area contributed by atoms with Crippen molar-refractivity contribution in [3.05, 3.63) is 60.7 Å². The van der Waals surface area contributed by atoms with Gasteiger partial charge < -0.3 is 10.8 Å². The summed E-state index contributed by atoms with van der Waals surface area (Å²) in [7, 11) is -3.87. The topological polar surface area (TPSA) is 80.4 Å². The molecule has 3 aromatic carbocycles. The van der Waals surface area contributed by atoms with Gasteiger partial charge >= 0.3 is 0 Å². The van der Waals surface area contributed by atoms with Gasteiger partial charge in [0.1, 0.15) is 10.6 Å². The molecule has 0 amide bonds. The Morgan fingerprint density at radius 3 is 2.24 bits per heavy atom. The summed E-state index contributed by atoms with van der Waals surface area (Å²) in [6.07, 6.45) is 0. The lowest BCUT2D eigenvalue weighted by atomic mass is 10.1. The summed E-state index contributed by atoms with van der Waals surface area (Å²) >= 11 is 0. The van der Waals surface area contributed by atoms with Gasteiger partial charge in [0.05, 0.1) is 10.6 Å². The van der Waals surface area contributed by atoms with Crippen LogP contribution in [0.4, 0.5) is 5.69 Å². The Kier molecular flexibility index (Phi) is 3.07. The van der Waals surface area contributed by atoms with Crippen molar-refractivity contribution in [1.29, 1.82) is 0 Å². The van der Waals surface area contributed by atoms with Crippen LogP contribution in [-0.4, -0.2) is 13.5 Å². The molecule has 0 aliphatic carbocycles. The van der Waals surface area contributed by atoms with Gasteiger partial charge in [-0.15, -0.1) is 0 Å². The maximum absolute atomic E-state index is 12.7. The molecule has 0 heterocycles. The molecule has 0 aliphatic heterocycles. The predicted octanol–water partition coefficient (Wildman–Crippen LogP) is 2.96. The highest BCUT2D eigenvalue weighted by atomic mass is 32.2. The monoisotopic (exact) mass is 299 g/mol. The van der Waals surface area contributed by atoms with E-state index in [1.54, 1.807) is 48.5 Å². The molecule has 3 rings (SSSR count). The van der Waals surface area contributed by atoms with Gasteiger partial charge in [-0.2, -0.15) is 0 Å². The van der Waals surface area contributed by atoms with Gasteiger partial charge in [0.25, 0.3) is 0 Å². The Labute approximate surface area is 122 Å². The van der Waals surface area contributed by atoms with Crippen LogP contribution in [0.5, 0.6) is 5.75 Å². The molecule has 0 bridgehead atoms. The van der Waals surface area contributed by atoms with Gasteiger partial charge in [-0.1, -0.05) is 42.5 Å². The Balaban J connectivity index is 2.36. The van der Waals surface area contributed by atoms with E-state index in [1.807, 2.05) is 0 Å². The lowest BCUT2D eigenvalue weighted by Gasteiger charge is -2.12. The van der Waals surface area contributed by atoms with Crippen LogP contribution in [0.3, 0.4) is 0 Å². The van der Waals surface area contributed by atoms with Crippen LogP contribution in [0.2, 0.25) is 0 Å². The number of rotatable bonds is 2. The molecule has 0 aliphatic rings. The number of aromatic hydroxyl groups is 1. The molecule has 5 heteroatoms. The fourth-order valence-electron chi connectivity index (χ4n) is 2.33. The van der Waals surface area contributed by atoms with Gasteiger partial charge in [0.15, 0.2) is 0 Å².